The third-order valence-electron chi connectivity index (χ3n) is 5.10. The molecule has 3 N–H and O–H groups in total. The Bertz CT molecular complexity index is 334. The lowest BCUT2D eigenvalue weighted by molar-refractivity contribution is -0.137. The standard InChI is InChI=1S/C17H31NO3S/c19-15(13-6-2-1-3-7-13)12-18-14-8-4-9-16(14)22-11-5-10-17(20)21/h13-16,18-19H,1-12H2,(H,20,21). The van der Waals surface area contributed by atoms with E-state index in [-0.39, 0.29) is 12.5 Å². The molecule has 2 fully saturated rings. The average molecular weight is 330 g/mol. The van der Waals surface area contributed by atoms with E-state index in [0.29, 0.717) is 17.2 Å². The zero-order chi connectivity index (χ0) is 15.8. The number of carboxylic acids is 1. The summed E-state index contributed by atoms with van der Waals surface area (Å²) in [4.78, 5) is 10.5. The quantitative estimate of drug-likeness (QED) is 0.567. The molecule has 4 nitrogen and oxygen atoms in total. The summed E-state index contributed by atoms with van der Waals surface area (Å²) in [6.07, 6.45) is 10.7. The Morgan fingerprint density at radius 2 is 1.91 bits per heavy atom. The molecule has 0 heterocycles. The molecule has 0 aromatic carbocycles. The predicted octanol–water partition coefficient (Wildman–Crippen LogP) is 3.04. The van der Waals surface area contributed by atoms with Gasteiger partial charge in [0, 0.05) is 24.3 Å². The third kappa shape index (κ3) is 6.09. The highest BCUT2D eigenvalue weighted by Crippen LogP contribution is 2.31. The van der Waals surface area contributed by atoms with Gasteiger partial charge in [0.15, 0.2) is 0 Å². The van der Waals surface area contributed by atoms with Gasteiger partial charge in [0.2, 0.25) is 0 Å². The molecule has 0 bridgehead atoms. The van der Waals surface area contributed by atoms with Gasteiger partial charge < -0.3 is 15.5 Å². The molecule has 0 amide bonds. The first-order valence-corrected chi connectivity index (χ1v) is 9.96. The molecule has 0 aromatic heterocycles. The topological polar surface area (TPSA) is 69.6 Å². The third-order valence-corrected chi connectivity index (χ3v) is 6.62. The van der Waals surface area contributed by atoms with Crippen LogP contribution in [-0.4, -0.2) is 45.9 Å². The van der Waals surface area contributed by atoms with Crippen LogP contribution in [0.5, 0.6) is 0 Å². The normalized spacial score (nSPS) is 27.9. The molecule has 2 rings (SSSR count). The Kier molecular flexibility index (Phi) is 8.04. The van der Waals surface area contributed by atoms with E-state index in [0.717, 1.165) is 18.7 Å². The van der Waals surface area contributed by atoms with Crippen molar-refractivity contribution in [2.75, 3.05) is 12.3 Å². The molecular formula is C17H31NO3S. The molecule has 22 heavy (non-hydrogen) atoms. The van der Waals surface area contributed by atoms with Gasteiger partial charge >= 0.3 is 5.97 Å². The molecule has 3 atom stereocenters. The molecule has 128 valence electrons. The largest absolute Gasteiger partial charge is 0.481 e. The molecule has 0 aliphatic heterocycles. The summed E-state index contributed by atoms with van der Waals surface area (Å²) < 4.78 is 0. The fourth-order valence-corrected chi connectivity index (χ4v) is 5.19. The number of aliphatic hydroxyl groups is 1. The van der Waals surface area contributed by atoms with Crippen molar-refractivity contribution < 1.29 is 15.0 Å². The van der Waals surface area contributed by atoms with Gasteiger partial charge in [-0.1, -0.05) is 25.7 Å². The molecule has 2 aliphatic carbocycles. The fourth-order valence-electron chi connectivity index (χ4n) is 3.77. The van der Waals surface area contributed by atoms with Gasteiger partial charge in [-0.25, -0.2) is 0 Å². The van der Waals surface area contributed by atoms with E-state index in [2.05, 4.69) is 5.32 Å². The molecule has 0 spiro atoms. The number of hydrogen-bond donors (Lipinski definition) is 3. The van der Waals surface area contributed by atoms with Crippen LogP contribution in [0.25, 0.3) is 0 Å². The molecule has 0 saturated heterocycles. The number of hydrogen-bond acceptors (Lipinski definition) is 4. The van der Waals surface area contributed by atoms with Crippen molar-refractivity contribution in [2.24, 2.45) is 5.92 Å². The average Bonchev–Trinajstić information content (AvgIpc) is 2.97. The van der Waals surface area contributed by atoms with Gasteiger partial charge in [0.05, 0.1) is 6.10 Å². The maximum Gasteiger partial charge on any atom is 0.303 e. The van der Waals surface area contributed by atoms with Crippen molar-refractivity contribution >= 4 is 17.7 Å². The van der Waals surface area contributed by atoms with Crippen molar-refractivity contribution in [3.05, 3.63) is 0 Å². The predicted molar refractivity (Wildman–Crippen MR) is 91.3 cm³/mol. The Morgan fingerprint density at radius 1 is 1.14 bits per heavy atom. The number of nitrogens with one attached hydrogen (secondary N) is 1. The van der Waals surface area contributed by atoms with E-state index in [1.54, 1.807) is 0 Å². The summed E-state index contributed by atoms with van der Waals surface area (Å²) in [5.74, 6) is 0.724. The Morgan fingerprint density at radius 3 is 2.64 bits per heavy atom. The molecular weight excluding hydrogens is 298 g/mol. The van der Waals surface area contributed by atoms with Crippen LogP contribution in [0.15, 0.2) is 0 Å². The zero-order valence-corrected chi connectivity index (χ0v) is 14.3. The lowest BCUT2D eigenvalue weighted by atomic mass is 9.85. The van der Waals surface area contributed by atoms with Gasteiger partial charge in [-0.2, -0.15) is 11.8 Å². The first-order chi connectivity index (χ1) is 10.7. The maximum absolute atomic E-state index is 10.5. The zero-order valence-electron chi connectivity index (χ0n) is 13.5. The van der Waals surface area contributed by atoms with Gasteiger partial charge in [-0.05, 0) is 43.8 Å². The maximum atomic E-state index is 10.5. The Hall–Kier alpha value is -0.260. The molecule has 5 heteroatoms. The number of aliphatic hydroxyl groups excluding tert-OH is 1. The van der Waals surface area contributed by atoms with E-state index in [4.69, 9.17) is 5.11 Å². The molecule has 0 radical (unpaired) electrons. The van der Waals surface area contributed by atoms with Crippen LogP contribution in [0.2, 0.25) is 0 Å². The second kappa shape index (κ2) is 9.78. The van der Waals surface area contributed by atoms with Crippen molar-refractivity contribution in [3.63, 3.8) is 0 Å². The van der Waals surface area contributed by atoms with Crippen molar-refractivity contribution in [1.29, 1.82) is 0 Å². The van der Waals surface area contributed by atoms with E-state index >= 15 is 0 Å². The summed E-state index contributed by atoms with van der Waals surface area (Å²) in [7, 11) is 0. The van der Waals surface area contributed by atoms with Crippen LogP contribution >= 0.6 is 11.8 Å². The minimum absolute atomic E-state index is 0.196. The number of thioether (sulfide) groups is 1. The summed E-state index contributed by atoms with van der Waals surface area (Å²) in [6.45, 7) is 0.724. The number of carbonyl (C=O) groups is 1. The van der Waals surface area contributed by atoms with E-state index < -0.39 is 5.97 Å². The van der Waals surface area contributed by atoms with Gasteiger partial charge in [0.1, 0.15) is 0 Å². The van der Waals surface area contributed by atoms with Gasteiger partial charge in [0.25, 0.3) is 0 Å². The van der Waals surface area contributed by atoms with Crippen molar-refractivity contribution in [3.8, 4) is 0 Å². The lowest BCUT2D eigenvalue weighted by Crippen LogP contribution is -2.41. The number of aliphatic carboxylic acids is 1. The van der Waals surface area contributed by atoms with Crippen LogP contribution in [0.4, 0.5) is 0 Å². The first-order valence-electron chi connectivity index (χ1n) is 8.91. The van der Waals surface area contributed by atoms with Crippen LogP contribution in [0, 0.1) is 5.92 Å². The number of rotatable bonds is 9. The molecule has 3 unspecified atom stereocenters. The monoisotopic (exact) mass is 329 g/mol. The smallest absolute Gasteiger partial charge is 0.303 e. The number of carboxylic acid groups (broad SMARTS) is 1. The highest BCUT2D eigenvalue weighted by atomic mass is 32.2. The van der Waals surface area contributed by atoms with E-state index in [1.165, 1.54) is 51.4 Å². The Balaban J connectivity index is 1.63. The summed E-state index contributed by atoms with van der Waals surface area (Å²) in [6, 6.07) is 0.494. The fraction of sp³-hybridized carbons (Fsp3) is 0.941. The first kappa shape index (κ1) is 18.1. The second-order valence-corrected chi connectivity index (χ2v) is 8.16. The summed E-state index contributed by atoms with van der Waals surface area (Å²) >= 11 is 1.91. The SMILES string of the molecule is O=C(O)CCCSC1CCCC1NCC(O)C1CCCCC1. The second-order valence-electron chi connectivity index (χ2n) is 6.82. The van der Waals surface area contributed by atoms with Gasteiger partial charge in [-0.3, -0.25) is 4.79 Å². The highest BCUT2D eigenvalue weighted by molar-refractivity contribution is 7.99. The van der Waals surface area contributed by atoms with Gasteiger partial charge in [-0.15, -0.1) is 0 Å². The highest BCUT2D eigenvalue weighted by Gasteiger charge is 2.29. The minimum Gasteiger partial charge on any atom is -0.481 e. The summed E-state index contributed by atoms with van der Waals surface area (Å²) in [5, 5.41) is 23.2. The van der Waals surface area contributed by atoms with E-state index in [1.807, 2.05) is 11.8 Å². The molecule has 2 aliphatic rings. The lowest BCUT2D eigenvalue weighted by Gasteiger charge is -2.29. The Labute approximate surface area is 138 Å². The van der Waals surface area contributed by atoms with Crippen LogP contribution in [0.3, 0.4) is 0 Å². The van der Waals surface area contributed by atoms with Crippen molar-refractivity contribution in [2.45, 2.75) is 81.6 Å². The minimum atomic E-state index is -0.697. The summed E-state index contributed by atoms with van der Waals surface area (Å²) in [5.41, 5.74) is 0. The molecule has 0 aromatic rings. The van der Waals surface area contributed by atoms with Crippen LogP contribution < -0.4 is 5.32 Å². The van der Waals surface area contributed by atoms with E-state index in [9.17, 15) is 9.90 Å². The van der Waals surface area contributed by atoms with Crippen LogP contribution in [0.1, 0.15) is 64.2 Å². The van der Waals surface area contributed by atoms with Crippen LogP contribution in [-0.2, 0) is 4.79 Å². The molecule has 2 saturated carbocycles. The van der Waals surface area contributed by atoms with Crippen molar-refractivity contribution in [1.82, 2.24) is 5.32 Å².